The van der Waals surface area contributed by atoms with E-state index < -0.39 is 11.7 Å². The van der Waals surface area contributed by atoms with Crippen LogP contribution in [0.1, 0.15) is 30.5 Å². The normalized spacial score (nSPS) is 15.6. The first-order valence-electron chi connectivity index (χ1n) is 10.7. The molecule has 33 heavy (non-hydrogen) atoms. The Bertz CT molecular complexity index is 1180. The number of nitrogens with zero attached hydrogens (tertiary/aromatic N) is 5. The van der Waals surface area contributed by atoms with Crippen LogP contribution in [0, 0.1) is 11.3 Å². The summed E-state index contributed by atoms with van der Waals surface area (Å²) in [7, 11) is 1.74. The molecule has 0 radical (unpaired) electrons. The molecular weight excluding hydrogens is 435 g/mol. The van der Waals surface area contributed by atoms with E-state index in [2.05, 4.69) is 14.9 Å². The van der Waals surface area contributed by atoms with Gasteiger partial charge in [-0.1, -0.05) is 0 Å². The first-order chi connectivity index (χ1) is 15.8. The van der Waals surface area contributed by atoms with Gasteiger partial charge in [0.1, 0.15) is 17.3 Å². The number of fused-ring (bicyclic) bond motifs is 1. The second-order valence-electron chi connectivity index (χ2n) is 8.17. The first-order valence-corrected chi connectivity index (χ1v) is 10.7. The maximum atomic E-state index is 13.8. The number of ether oxygens (including phenoxy) is 1. The van der Waals surface area contributed by atoms with Gasteiger partial charge in [0.05, 0.1) is 35.8 Å². The zero-order chi connectivity index (χ0) is 23.6. The van der Waals surface area contributed by atoms with Crippen molar-refractivity contribution in [2.75, 3.05) is 26.2 Å². The summed E-state index contributed by atoms with van der Waals surface area (Å²) in [6, 6.07) is 7.41. The molecule has 0 atom stereocenters. The maximum absolute atomic E-state index is 13.8. The summed E-state index contributed by atoms with van der Waals surface area (Å²) in [6.07, 6.45) is -1.33. The maximum Gasteiger partial charge on any atom is 0.419 e. The molecule has 1 aliphatic heterocycles. The number of aromatic nitrogens is 3. The molecule has 0 spiro atoms. The number of likely N-dealkylation sites (tertiary alicyclic amines) is 1. The summed E-state index contributed by atoms with van der Waals surface area (Å²) in [5.41, 5.74) is 0.681. The second-order valence-corrected chi connectivity index (χ2v) is 8.17. The number of halogens is 3. The first kappa shape index (κ1) is 23.0. The number of hydrogen-bond acceptors (Lipinski definition) is 6. The van der Waals surface area contributed by atoms with Crippen molar-refractivity contribution in [2.24, 2.45) is 7.05 Å². The predicted octanol–water partition coefficient (Wildman–Crippen LogP) is 3.75. The fourth-order valence-electron chi connectivity index (χ4n) is 4.00. The van der Waals surface area contributed by atoms with Gasteiger partial charge < -0.3 is 19.3 Å². The molecule has 1 fully saturated rings. The van der Waals surface area contributed by atoms with Crippen LogP contribution in [0.15, 0.2) is 30.6 Å². The lowest BCUT2D eigenvalue weighted by atomic mass is 10.1. The van der Waals surface area contributed by atoms with Crippen molar-refractivity contribution in [3.63, 3.8) is 0 Å². The van der Waals surface area contributed by atoms with E-state index in [1.807, 2.05) is 6.07 Å². The molecule has 1 N–H and O–H groups in total. The topological polar surface area (TPSA) is 87.2 Å². The number of nitriles is 1. The Hall–Kier alpha value is -3.16. The third kappa shape index (κ3) is 5.10. The number of aliphatic hydroxyl groups is 1. The molecule has 174 valence electrons. The van der Waals surface area contributed by atoms with E-state index in [4.69, 9.17) is 4.74 Å². The van der Waals surface area contributed by atoms with Gasteiger partial charge in [0.2, 0.25) is 0 Å². The van der Waals surface area contributed by atoms with Crippen LogP contribution < -0.4 is 4.74 Å². The number of piperidine rings is 1. The second kappa shape index (κ2) is 9.37. The summed E-state index contributed by atoms with van der Waals surface area (Å²) >= 11 is 0. The largest absolute Gasteiger partial charge is 0.493 e. The Morgan fingerprint density at radius 1 is 1.24 bits per heavy atom. The van der Waals surface area contributed by atoms with Gasteiger partial charge in [0.15, 0.2) is 5.69 Å². The van der Waals surface area contributed by atoms with Crippen molar-refractivity contribution in [3.05, 3.63) is 41.9 Å². The molecule has 0 unspecified atom stereocenters. The van der Waals surface area contributed by atoms with Gasteiger partial charge in [0, 0.05) is 32.2 Å². The van der Waals surface area contributed by atoms with E-state index >= 15 is 0 Å². The average Bonchev–Trinajstić information content (AvgIpc) is 3.17. The fraction of sp³-hybridized carbons (Fsp3) is 0.435. The molecule has 0 bridgehead atoms. The molecule has 3 aromatic rings. The molecule has 0 saturated carbocycles. The standard InChI is InChI=1S/C23H24F3N5O2/c1-30-14-28-22-19(13-27)29-18(12-20(22)30)15-3-4-21(17(11-15)23(24,25)26)33-10-2-7-31-8-5-16(32)6-9-31/h3-4,11-12,14,16,32H,2,5-10H2,1H3. The highest BCUT2D eigenvalue weighted by atomic mass is 19.4. The molecule has 1 saturated heterocycles. The van der Waals surface area contributed by atoms with Crippen LogP contribution in [-0.4, -0.2) is 56.9 Å². The van der Waals surface area contributed by atoms with Crippen LogP contribution in [0.3, 0.4) is 0 Å². The Morgan fingerprint density at radius 2 is 2.00 bits per heavy atom. The van der Waals surface area contributed by atoms with Gasteiger partial charge >= 0.3 is 6.18 Å². The Kier molecular flexibility index (Phi) is 6.54. The minimum absolute atomic E-state index is 0.0576. The van der Waals surface area contributed by atoms with Crippen molar-refractivity contribution < 1.29 is 23.0 Å². The third-order valence-corrected chi connectivity index (χ3v) is 5.83. The molecule has 10 heteroatoms. The SMILES string of the molecule is Cn1cnc2c(C#N)nc(-c3ccc(OCCCN4CCC(O)CC4)c(C(F)(F)F)c3)cc21. The van der Waals surface area contributed by atoms with Gasteiger partial charge in [0.25, 0.3) is 0 Å². The van der Waals surface area contributed by atoms with Crippen LogP contribution in [0.25, 0.3) is 22.3 Å². The van der Waals surface area contributed by atoms with Crippen LogP contribution in [-0.2, 0) is 13.2 Å². The number of aryl methyl sites for hydroxylation is 1. The number of pyridine rings is 1. The highest BCUT2D eigenvalue weighted by molar-refractivity contribution is 5.84. The van der Waals surface area contributed by atoms with Crippen LogP contribution in [0.4, 0.5) is 13.2 Å². The summed E-state index contributed by atoms with van der Waals surface area (Å²) in [6.45, 7) is 2.42. The molecular formula is C23H24F3N5O2. The summed E-state index contributed by atoms with van der Waals surface area (Å²) in [5, 5.41) is 19.0. The Labute approximate surface area is 189 Å². The van der Waals surface area contributed by atoms with Crippen molar-refractivity contribution in [2.45, 2.75) is 31.5 Å². The lowest BCUT2D eigenvalue weighted by Gasteiger charge is -2.29. The van der Waals surface area contributed by atoms with E-state index in [0.717, 1.165) is 19.2 Å². The summed E-state index contributed by atoms with van der Waals surface area (Å²) in [4.78, 5) is 10.5. The summed E-state index contributed by atoms with van der Waals surface area (Å²) in [5.74, 6) is -0.234. The Balaban J connectivity index is 1.53. The van der Waals surface area contributed by atoms with E-state index in [9.17, 15) is 23.5 Å². The minimum atomic E-state index is -4.61. The van der Waals surface area contributed by atoms with Gasteiger partial charge in [-0.25, -0.2) is 9.97 Å². The van der Waals surface area contributed by atoms with Crippen LogP contribution in [0.5, 0.6) is 5.75 Å². The monoisotopic (exact) mass is 459 g/mol. The molecule has 7 nitrogen and oxygen atoms in total. The highest BCUT2D eigenvalue weighted by Gasteiger charge is 2.35. The fourth-order valence-corrected chi connectivity index (χ4v) is 4.00. The smallest absolute Gasteiger partial charge is 0.419 e. The van der Waals surface area contributed by atoms with Gasteiger partial charge in [-0.05, 0) is 43.5 Å². The van der Waals surface area contributed by atoms with E-state index in [0.29, 0.717) is 36.8 Å². The lowest BCUT2D eigenvalue weighted by Crippen LogP contribution is -2.36. The minimum Gasteiger partial charge on any atom is -0.493 e. The zero-order valence-electron chi connectivity index (χ0n) is 18.1. The predicted molar refractivity (Wildman–Crippen MR) is 115 cm³/mol. The van der Waals surface area contributed by atoms with Crippen molar-refractivity contribution in [1.29, 1.82) is 5.26 Å². The number of benzene rings is 1. The molecule has 0 amide bonds. The van der Waals surface area contributed by atoms with E-state index in [1.165, 1.54) is 18.5 Å². The quantitative estimate of drug-likeness (QED) is 0.565. The van der Waals surface area contributed by atoms with Crippen LogP contribution in [0.2, 0.25) is 0 Å². The van der Waals surface area contributed by atoms with E-state index in [1.54, 1.807) is 17.7 Å². The van der Waals surface area contributed by atoms with Crippen molar-refractivity contribution in [3.8, 4) is 23.1 Å². The molecule has 1 aliphatic rings. The number of aliphatic hydroxyl groups excluding tert-OH is 1. The molecule has 3 heterocycles. The van der Waals surface area contributed by atoms with Gasteiger partial charge in [-0.3, -0.25) is 0 Å². The average molecular weight is 459 g/mol. The molecule has 0 aliphatic carbocycles. The number of rotatable bonds is 6. The van der Waals surface area contributed by atoms with Gasteiger partial charge in [-0.2, -0.15) is 18.4 Å². The third-order valence-electron chi connectivity index (χ3n) is 5.83. The van der Waals surface area contributed by atoms with Crippen molar-refractivity contribution >= 4 is 11.0 Å². The number of imidazole rings is 1. The molecule has 2 aromatic heterocycles. The number of alkyl halides is 3. The van der Waals surface area contributed by atoms with Crippen LogP contribution >= 0.6 is 0 Å². The van der Waals surface area contributed by atoms with E-state index in [-0.39, 0.29) is 35.4 Å². The van der Waals surface area contributed by atoms with Gasteiger partial charge in [-0.15, -0.1) is 0 Å². The highest BCUT2D eigenvalue weighted by Crippen LogP contribution is 2.39. The molecule has 4 rings (SSSR count). The molecule has 1 aromatic carbocycles. The summed E-state index contributed by atoms with van der Waals surface area (Å²) < 4.78 is 48.6. The zero-order valence-corrected chi connectivity index (χ0v) is 18.1. The lowest BCUT2D eigenvalue weighted by molar-refractivity contribution is -0.138. The Morgan fingerprint density at radius 3 is 2.70 bits per heavy atom. The van der Waals surface area contributed by atoms with Crippen molar-refractivity contribution in [1.82, 2.24) is 19.4 Å². The number of hydrogen-bond donors (Lipinski definition) is 1.